The molecule has 16 heavy (non-hydrogen) atoms. The van der Waals surface area contributed by atoms with Crippen molar-refractivity contribution in [3.05, 3.63) is 29.6 Å². The van der Waals surface area contributed by atoms with Gasteiger partial charge in [0.05, 0.1) is 18.2 Å². The Morgan fingerprint density at radius 3 is 2.94 bits per heavy atom. The lowest BCUT2D eigenvalue weighted by Gasteiger charge is -2.04. The van der Waals surface area contributed by atoms with E-state index in [-0.39, 0.29) is 17.9 Å². The van der Waals surface area contributed by atoms with Crippen LogP contribution in [0, 0.1) is 17.1 Å². The lowest BCUT2D eigenvalue weighted by molar-refractivity contribution is 0.0496. The van der Waals surface area contributed by atoms with E-state index in [1.54, 1.807) is 0 Å². The summed E-state index contributed by atoms with van der Waals surface area (Å²) >= 11 is 0. The Hall–Kier alpha value is -2.09. The molecule has 0 atom stereocenters. The minimum Gasteiger partial charge on any atom is -0.462 e. The SMILES string of the molecule is N#CCCCOC(=O)c1ccc(N)cc1F. The van der Waals surface area contributed by atoms with Crippen LogP contribution in [0.3, 0.4) is 0 Å². The van der Waals surface area contributed by atoms with Gasteiger partial charge in [-0.15, -0.1) is 0 Å². The van der Waals surface area contributed by atoms with Crippen molar-refractivity contribution in [3.8, 4) is 6.07 Å². The van der Waals surface area contributed by atoms with E-state index >= 15 is 0 Å². The van der Waals surface area contributed by atoms with Gasteiger partial charge >= 0.3 is 5.97 Å². The molecule has 4 nitrogen and oxygen atoms in total. The van der Waals surface area contributed by atoms with Crippen molar-refractivity contribution in [2.75, 3.05) is 12.3 Å². The molecule has 0 aromatic heterocycles. The van der Waals surface area contributed by atoms with Crippen LogP contribution in [0.15, 0.2) is 18.2 Å². The summed E-state index contributed by atoms with van der Waals surface area (Å²) in [5.41, 5.74) is 5.44. The molecule has 0 radical (unpaired) electrons. The molecule has 0 aliphatic carbocycles. The molecule has 0 bridgehead atoms. The standard InChI is InChI=1S/C11H11FN2O2/c12-10-7-8(14)3-4-9(10)11(15)16-6-2-1-5-13/h3-4,7H,1-2,6,14H2. The predicted octanol–water partition coefficient (Wildman–Crippen LogP) is 1.87. The number of nitrogens with zero attached hydrogens (tertiary/aromatic N) is 1. The number of nitrogen functional groups attached to an aromatic ring is 1. The maximum absolute atomic E-state index is 13.2. The van der Waals surface area contributed by atoms with Crippen LogP contribution in [-0.2, 0) is 4.74 Å². The van der Waals surface area contributed by atoms with Crippen molar-refractivity contribution in [3.63, 3.8) is 0 Å². The van der Waals surface area contributed by atoms with Crippen LogP contribution in [0.2, 0.25) is 0 Å². The number of benzene rings is 1. The number of carbonyl (C=O) groups excluding carboxylic acids is 1. The second-order valence-electron chi connectivity index (χ2n) is 3.14. The number of hydrogen-bond donors (Lipinski definition) is 1. The first-order valence-electron chi connectivity index (χ1n) is 4.74. The molecule has 5 heteroatoms. The first-order valence-corrected chi connectivity index (χ1v) is 4.74. The maximum atomic E-state index is 13.2. The van der Waals surface area contributed by atoms with Crippen molar-refractivity contribution >= 4 is 11.7 Å². The zero-order valence-electron chi connectivity index (χ0n) is 8.57. The molecule has 84 valence electrons. The number of unbranched alkanes of at least 4 members (excludes halogenated alkanes) is 1. The van der Waals surface area contributed by atoms with E-state index < -0.39 is 11.8 Å². The van der Waals surface area contributed by atoms with Gasteiger partial charge in [0, 0.05) is 12.1 Å². The van der Waals surface area contributed by atoms with Crippen molar-refractivity contribution in [1.82, 2.24) is 0 Å². The van der Waals surface area contributed by atoms with Gasteiger partial charge in [-0.05, 0) is 24.6 Å². The molecule has 0 heterocycles. The Kier molecular flexibility index (Phi) is 4.28. The number of esters is 1. The fourth-order valence-corrected chi connectivity index (χ4v) is 1.09. The third kappa shape index (κ3) is 3.24. The molecule has 0 unspecified atom stereocenters. The van der Waals surface area contributed by atoms with Crippen LogP contribution in [0.25, 0.3) is 0 Å². The third-order valence-corrected chi connectivity index (χ3v) is 1.88. The van der Waals surface area contributed by atoms with E-state index in [9.17, 15) is 9.18 Å². The lowest BCUT2D eigenvalue weighted by Crippen LogP contribution is -2.08. The van der Waals surface area contributed by atoms with Crippen LogP contribution >= 0.6 is 0 Å². The molecular formula is C11H11FN2O2. The molecule has 2 N–H and O–H groups in total. The molecular weight excluding hydrogens is 211 g/mol. The van der Waals surface area contributed by atoms with Gasteiger partial charge in [-0.3, -0.25) is 0 Å². The number of anilines is 1. The van der Waals surface area contributed by atoms with Gasteiger partial charge in [-0.2, -0.15) is 5.26 Å². The number of rotatable bonds is 4. The number of carbonyl (C=O) groups is 1. The summed E-state index contributed by atoms with van der Waals surface area (Å²) in [6, 6.07) is 5.68. The number of nitrogens with two attached hydrogens (primary N) is 1. The summed E-state index contributed by atoms with van der Waals surface area (Å²) in [7, 11) is 0. The maximum Gasteiger partial charge on any atom is 0.341 e. The number of hydrogen-bond acceptors (Lipinski definition) is 4. The largest absolute Gasteiger partial charge is 0.462 e. The highest BCUT2D eigenvalue weighted by Gasteiger charge is 2.12. The Morgan fingerprint density at radius 1 is 1.56 bits per heavy atom. The predicted molar refractivity (Wildman–Crippen MR) is 55.9 cm³/mol. The summed E-state index contributed by atoms with van der Waals surface area (Å²) in [5, 5.41) is 8.26. The van der Waals surface area contributed by atoms with Crippen molar-refractivity contribution in [2.24, 2.45) is 0 Å². The zero-order valence-corrected chi connectivity index (χ0v) is 8.57. The minimum atomic E-state index is -0.740. The Balaban J connectivity index is 2.57. The van der Waals surface area contributed by atoms with Gasteiger partial charge in [0.1, 0.15) is 5.82 Å². The van der Waals surface area contributed by atoms with Gasteiger partial charge in [0.15, 0.2) is 0 Å². The number of halogens is 1. The zero-order chi connectivity index (χ0) is 12.0. The van der Waals surface area contributed by atoms with Crippen molar-refractivity contribution in [2.45, 2.75) is 12.8 Å². The number of nitriles is 1. The molecule has 1 aromatic rings. The second kappa shape index (κ2) is 5.71. The second-order valence-corrected chi connectivity index (χ2v) is 3.14. The topological polar surface area (TPSA) is 76.1 Å². The highest BCUT2D eigenvalue weighted by molar-refractivity contribution is 5.90. The normalized spacial score (nSPS) is 9.50. The van der Waals surface area contributed by atoms with E-state index in [0.29, 0.717) is 12.8 Å². The molecule has 0 saturated heterocycles. The summed E-state index contributed by atoms with van der Waals surface area (Å²) in [6.45, 7) is 0.107. The van der Waals surface area contributed by atoms with Gasteiger partial charge in [-0.25, -0.2) is 9.18 Å². The van der Waals surface area contributed by atoms with Crippen molar-refractivity contribution < 1.29 is 13.9 Å². The Labute approximate surface area is 92.4 Å². The smallest absolute Gasteiger partial charge is 0.341 e. The van der Waals surface area contributed by atoms with Crippen LogP contribution in [0.5, 0.6) is 0 Å². The Morgan fingerprint density at radius 2 is 2.31 bits per heavy atom. The van der Waals surface area contributed by atoms with E-state index in [1.807, 2.05) is 6.07 Å². The summed E-state index contributed by atoms with van der Waals surface area (Å²) in [5.74, 6) is -1.44. The highest BCUT2D eigenvalue weighted by Crippen LogP contribution is 2.13. The molecule has 1 aromatic carbocycles. The quantitative estimate of drug-likeness (QED) is 0.479. The molecule has 1 rings (SSSR count). The van der Waals surface area contributed by atoms with Gasteiger partial charge in [0.2, 0.25) is 0 Å². The third-order valence-electron chi connectivity index (χ3n) is 1.88. The lowest BCUT2D eigenvalue weighted by atomic mass is 10.2. The van der Waals surface area contributed by atoms with Gasteiger partial charge < -0.3 is 10.5 Å². The van der Waals surface area contributed by atoms with E-state index in [2.05, 4.69) is 0 Å². The monoisotopic (exact) mass is 222 g/mol. The summed E-state index contributed by atoms with van der Waals surface area (Å²) < 4.78 is 18.0. The number of ether oxygens (including phenoxy) is 1. The average Bonchev–Trinajstić information content (AvgIpc) is 2.24. The van der Waals surface area contributed by atoms with E-state index in [0.717, 1.165) is 6.07 Å². The van der Waals surface area contributed by atoms with E-state index in [1.165, 1.54) is 12.1 Å². The van der Waals surface area contributed by atoms with E-state index in [4.69, 9.17) is 15.7 Å². The first-order chi connectivity index (χ1) is 7.65. The van der Waals surface area contributed by atoms with Gasteiger partial charge in [0.25, 0.3) is 0 Å². The minimum absolute atomic E-state index is 0.107. The van der Waals surface area contributed by atoms with Crippen LogP contribution in [0.1, 0.15) is 23.2 Å². The first kappa shape index (κ1) is 12.0. The summed E-state index contributed by atoms with van der Waals surface area (Å²) in [4.78, 5) is 11.4. The average molecular weight is 222 g/mol. The van der Waals surface area contributed by atoms with Crippen LogP contribution in [0.4, 0.5) is 10.1 Å². The molecule has 0 aliphatic rings. The molecule has 0 saturated carbocycles. The summed E-state index contributed by atoms with van der Waals surface area (Å²) in [6.07, 6.45) is 0.746. The van der Waals surface area contributed by atoms with Crippen LogP contribution in [-0.4, -0.2) is 12.6 Å². The van der Waals surface area contributed by atoms with Gasteiger partial charge in [-0.1, -0.05) is 0 Å². The molecule has 0 amide bonds. The van der Waals surface area contributed by atoms with Crippen LogP contribution < -0.4 is 5.73 Å². The molecule has 0 aliphatic heterocycles. The fraction of sp³-hybridized carbons (Fsp3) is 0.273. The molecule has 0 spiro atoms. The molecule has 0 fully saturated rings. The fourth-order valence-electron chi connectivity index (χ4n) is 1.09. The van der Waals surface area contributed by atoms with Crippen molar-refractivity contribution in [1.29, 1.82) is 5.26 Å². The highest BCUT2D eigenvalue weighted by atomic mass is 19.1. The Bertz CT molecular complexity index is 426.